The summed E-state index contributed by atoms with van der Waals surface area (Å²) in [6.45, 7) is 3.23. The SMILES string of the molecule is CC(NC(=O)C(Cc1cnc[nH]1)NC(=O)OCC1c2ccccc2-c2ccccc21)C(C)C(=O)O. The summed E-state index contributed by atoms with van der Waals surface area (Å²) in [7, 11) is 0. The topological polar surface area (TPSA) is 133 Å². The van der Waals surface area contributed by atoms with Crippen LogP contribution in [-0.2, 0) is 20.7 Å². The molecular formula is C26H28N4O5. The second kappa shape index (κ2) is 10.4. The minimum atomic E-state index is -1.02. The van der Waals surface area contributed by atoms with Crippen molar-refractivity contribution in [3.05, 3.63) is 77.9 Å². The number of rotatable bonds is 9. The van der Waals surface area contributed by atoms with Crippen molar-refractivity contribution in [2.45, 2.75) is 38.3 Å². The Hall–Kier alpha value is -4.14. The number of aromatic amines is 1. The van der Waals surface area contributed by atoms with Crippen molar-refractivity contribution in [2.24, 2.45) is 5.92 Å². The first-order valence-corrected chi connectivity index (χ1v) is 11.5. The van der Waals surface area contributed by atoms with Crippen LogP contribution in [0.5, 0.6) is 0 Å². The molecule has 9 heteroatoms. The predicted molar refractivity (Wildman–Crippen MR) is 129 cm³/mol. The van der Waals surface area contributed by atoms with Gasteiger partial charge in [0, 0.05) is 30.3 Å². The maximum Gasteiger partial charge on any atom is 0.407 e. The van der Waals surface area contributed by atoms with E-state index in [9.17, 15) is 19.5 Å². The van der Waals surface area contributed by atoms with Gasteiger partial charge in [0.25, 0.3) is 0 Å². The van der Waals surface area contributed by atoms with Crippen molar-refractivity contribution in [1.29, 1.82) is 0 Å². The molecule has 0 saturated heterocycles. The zero-order valence-electron chi connectivity index (χ0n) is 19.5. The Morgan fingerprint density at radius 2 is 1.66 bits per heavy atom. The molecule has 1 aliphatic carbocycles. The molecule has 2 aromatic carbocycles. The number of aromatic nitrogens is 2. The predicted octanol–water partition coefficient (Wildman–Crippen LogP) is 3.08. The summed E-state index contributed by atoms with van der Waals surface area (Å²) in [5.74, 6) is -2.42. The van der Waals surface area contributed by atoms with Gasteiger partial charge in [0.05, 0.1) is 12.2 Å². The maximum absolute atomic E-state index is 12.9. The van der Waals surface area contributed by atoms with Gasteiger partial charge in [0.15, 0.2) is 0 Å². The molecule has 1 heterocycles. The summed E-state index contributed by atoms with van der Waals surface area (Å²) >= 11 is 0. The van der Waals surface area contributed by atoms with E-state index >= 15 is 0 Å². The number of nitrogens with zero attached hydrogens (tertiary/aromatic N) is 1. The fourth-order valence-electron chi connectivity index (χ4n) is 4.27. The van der Waals surface area contributed by atoms with Gasteiger partial charge >= 0.3 is 12.1 Å². The van der Waals surface area contributed by atoms with Gasteiger partial charge in [-0.05, 0) is 36.1 Å². The minimum absolute atomic E-state index is 0.107. The van der Waals surface area contributed by atoms with Crippen LogP contribution in [0.3, 0.4) is 0 Å². The summed E-state index contributed by atoms with van der Waals surface area (Å²) in [4.78, 5) is 43.8. The van der Waals surface area contributed by atoms with Crippen LogP contribution in [0, 0.1) is 5.92 Å². The fourth-order valence-corrected chi connectivity index (χ4v) is 4.27. The molecule has 9 nitrogen and oxygen atoms in total. The van der Waals surface area contributed by atoms with Crippen LogP contribution in [-0.4, -0.2) is 51.7 Å². The number of ether oxygens (including phenoxy) is 1. The molecule has 1 aromatic heterocycles. The number of benzene rings is 2. The van der Waals surface area contributed by atoms with Crippen LogP contribution in [0.4, 0.5) is 4.79 Å². The van der Waals surface area contributed by atoms with Crippen LogP contribution in [0.1, 0.15) is 36.6 Å². The number of carbonyl (C=O) groups is 3. The summed E-state index contributed by atoms with van der Waals surface area (Å²) in [5.41, 5.74) is 5.06. The molecule has 0 bridgehead atoms. The number of fused-ring (bicyclic) bond motifs is 3. The molecule has 4 rings (SSSR count). The van der Waals surface area contributed by atoms with Gasteiger partial charge in [-0.2, -0.15) is 0 Å². The average molecular weight is 477 g/mol. The number of amides is 2. The first kappa shape index (κ1) is 24.0. The number of nitrogens with one attached hydrogen (secondary N) is 3. The third kappa shape index (κ3) is 5.34. The molecule has 0 radical (unpaired) electrons. The van der Waals surface area contributed by atoms with Crippen molar-refractivity contribution >= 4 is 18.0 Å². The van der Waals surface area contributed by atoms with E-state index < -0.39 is 36.0 Å². The third-order valence-corrected chi connectivity index (χ3v) is 6.44. The molecule has 2 amide bonds. The van der Waals surface area contributed by atoms with E-state index in [0.717, 1.165) is 22.3 Å². The highest BCUT2D eigenvalue weighted by atomic mass is 16.5. The second-order valence-electron chi connectivity index (χ2n) is 8.73. The molecule has 0 fully saturated rings. The van der Waals surface area contributed by atoms with Gasteiger partial charge in [-0.3, -0.25) is 9.59 Å². The molecular weight excluding hydrogens is 448 g/mol. The first-order chi connectivity index (χ1) is 16.8. The van der Waals surface area contributed by atoms with E-state index in [-0.39, 0.29) is 18.9 Å². The van der Waals surface area contributed by atoms with Crippen LogP contribution in [0.25, 0.3) is 11.1 Å². The van der Waals surface area contributed by atoms with Gasteiger partial charge in [-0.15, -0.1) is 0 Å². The third-order valence-electron chi connectivity index (χ3n) is 6.44. The summed E-state index contributed by atoms with van der Waals surface area (Å²) in [6.07, 6.45) is 2.45. The van der Waals surface area contributed by atoms with Crippen molar-refractivity contribution in [2.75, 3.05) is 6.61 Å². The lowest BCUT2D eigenvalue weighted by Gasteiger charge is -2.23. The fraction of sp³-hybridized carbons (Fsp3) is 0.308. The van der Waals surface area contributed by atoms with Crippen LogP contribution < -0.4 is 10.6 Å². The minimum Gasteiger partial charge on any atom is -0.481 e. The Labute approximate surface area is 202 Å². The highest BCUT2D eigenvalue weighted by Gasteiger charge is 2.31. The Balaban J connectivity index is 1.43. The van der Waals surface area contributed by atoms with Gasteiger partial charge in [0.1, 0.15) is 12.6 Å². The van der Waals surface area contributed by atoms with Crippen LogP contribution in [0.2, 0.25) is 0 Å². The quantitative estimate of drug-likeness (QED) is 0.375. The van der Waals surface area contributed by atoms with Crippen LogP contribution >= 0.6 is 0 Å². The van der Waals surface area contributed by atoms with Crippen molar-refractivity contribution in [1.82, 2.24) is 20.6 Å². The lowest BCUT2D eigenvalue weighted by atomic mass is 9.98. The van der Waals surface area contributed by atoms with E-state index in [2.05, 4.69) is 32.7 Å². The van der Waals surface area contributed by atoms with Crippen molar-refractivity contribution < 1.29 is 24.2 Å². The zero-order valence-corrected chi connectivity index (χ0v) is 19.5. The second-order valence-corrected chi connectivity index (χ2v) is 8.73. The summed E-state index contributed by atoms with van der Waals surface area (Å²) < 4.78 is 5.58. The normalized spacial score (nSPS) is 14.8. The molecule has 4 N–H and O–H groups in total. The van der Waals surface area contributed by atoms with Gasteiger partial charge in [-0.1, -0.05) is 48.5 Å². The van der Waals surface area contributed by atoms with E-state index in [4.69, 9.17) is 4.74 Å². The number of carbonyl (C=O) groups excluding carboxylic acids is 2. The largest absolute Gasteiger partial charge is 0.481 e. The van der Waals surface area contributed by atoms with Crippen LogP contribution in [0.15, 0.2) is 61.1 Å². The standard InChI is InChI=1S/C26H28N4O5/c1-15(25(32)33)16(2)29-24(31)23(11-17-12-27-14-28-17)30-26(34)35-13-22-20-9-5-3-7-18(20)19-8-4-6-10-21(19)22/h3-10,12,14-16,22-23H,11,13H2,1-2H3,(H,27,28)(H,29,31)(H,30,34)(H,32,33). The average Bonchev–Trinajstić information content (AvgIpc) is 3.47. The molecule has 35 heavy (non-hydrogen) atoms. The Kier molecular flexibility index (Phi) is 7.14. The molecule has 0 saturated carbocycles. The van der Waals surface area contributed by atoms with Crippen molar-refractivity contribution in [3.8, 4) is 11.1 Å². The smallest absolute Gasteiger partial charge is 0.407 e. The molecule has 3 unspecified atom stereocenters. The van der Waals surface area contributed by atoms with Gasteiger partial charge in [-0.25, -0.2) is 9.78 Å². The number of imidazole rings is 1. The lowest BCUT2D eigenvalue weighted by molar-refractivity contribution is -0.142. The molecule has 3 aromatic rings. The van der Waals surface area contributed by atoms with E-state index in [1.165, 1.54) is 13.3 Å². The number of alkyl carbamates (subject to hydrolysis) is 1. The van der Waals surface area contributed by atoms with E-state index in [1.807, 2.05) is 36.4 Å². The lowest BCUT2D eigenvalue weighted by Crippen LogP contribution is -2.52. The van der Waals surface area contributed by atoms with Gasteiger partial charge < -0.3 is 25.5 Å². The number of aliphatic carboxylic acids is 1. The molecule has 1 aliphatic rings. The number of carboxylic acids is 1. The molecule has 3 atom stereocenters. The monoisotopic (exact) mass is 476 g/mol. The number of hydrogen-bond acceptors (Lipinski definition) is 5. The molecule has 0 spiro atoms. The number of carboxylic acid groups (broad SMARTS) is 1. The first-order valence-electron chi connectivity index (χ1n) is 11.5. The number of hydrogen-bond donors (Lipinski definition) is 4. The summed E-state index contributed by atoms with van der Waals surface area (Å²) in [5, 5.41) is 14.5. The Morgan fingerprint density at radius 1 is 1.03 bits per heavy atom. The molecule has 182 valence electrons. The Bertz CT molecular complexity index is 1160. The van der Waals surface area contributed by atoms with Crippen molar-refractivity contribution in [3.63, 3.8) is 0 Å². The van der Waals surface area contributed by atoms with Gasteiger partial charge in [0.2, 0.25) is 5.91 Å². The maximum atomic E-state index is 12.9. The summed E-state index contributed by atoms with van der Waals surface area (Å²) in [6, 6.07) is 14.4. The van der Waals surface area contributed by atoms with E-state index in [0.29, 0.717) is 5.69 Å². The number of H-pyrrole nitrogens is 1. The highest BCUT2D eigenvalue weighted by Crippen LogP contribution is 2.44. The molecule has 0 aliphatic heterocycles. The Morgan fingerprint density at radius 3 is 2.23 bits per heavy atom. The zero-order chi connectivity index (χ0) is 24.9. The van der Waals surface area contributed by atoms with E-state index in [1.54, 1.807) is 13.1 Å². The highest BCUT2D eigenvalue weighted by molar-refractivity contribution is 5.86.